The second-order valence-electron chi connectivity index (χ2n) is 4.07. The Morgan fingerprint density at radius 3 is 2.39 bits per heavy atom. The zero-order valence-electron chi connectivity index (χ0n) is 10.1. The Balaban J connectivity index is 1.73. The maximum atomic E-state index is 5.83. The van der Waals surface area contributed by atoms with Gasteiger partial charge in [-0.2, -0.15) is 0 Å². The SMILES string of the molecule is Clc1ccc(CNCC=Cc2ccccc2)cc1. The van der Waals surface area contributed by atoms with Gasteiger partial charge in [-0.05, 0) is 23.3 Å². The molecule has 0 amide bonds. The van der Waals surface area contributed by atoms with Crippen molar-refractivity contribution >= 4 is 17.7 Å². The summed E-state index contributed by atoms with van der Waals surface area (Å²) in [6.45, 7) is 1.72. The fourth-order valence-electron chi connectivity index (χ4n) is 1.66. The first-order valence-corrected chi connectivity index (χ1v) is 6.39. The standard InChI is InChI=1S/C16H16ClN/c17-16-10-8-15(9-11-16)13-18-12-4-7-14-5-2-1-3-6-14/h1-11,18H,12-13H2. The van der Waals surface area contributed by atoms with Gasteiger partial charge in [-0.3, -0.25) is 0 Å². The molecule has 0 bridgehead atoms. The van der Waals surface area contributed by atoms with Crippen LogP contribution in [0.1, 0.15) is 11.1 Å². The first kappa shape index (κ1) is 12.9. The van der Waals surface area contributed by atoms with E-state index in [1.807, 2.05) is 42.5 Å². The van der Waals surface area contributed by atoms with E-state index in [0.29, 0.717) is 0 Å². The van der Waals surface area contributed by atoms with Gasteiger partial charge >= 0.3 is 0 Å². The molecular formula is C16H16ClN. The maximum Gasteiger partial charge on any atom is 0.0406 e. The smallest absolute Gasteiger partial charge is 0.0406 e. The maximum absolute atomic E-state index is 5.83. The van der Waals surface area contributed by atoms with Crippen molar-refractivity contribution < 1.29 is 0 Å². The molecule has 0 fully saturated rings. The molecule has 0 unspecified atom stereocenters. The minimum atomic E-state index is 0.780. The summed E-state index contributed by atoms with van der Waals surface area (Å²) in [4.78, 5) is 0. The number of rotatable bonds is 5. The molecule has 0 saturated carbocycles. The van der Waals surface area contributed by atoms with E-state index >= 15 is 0 Å². The number of nitrogens with one attached hydrogen (secondary N) is 1. The second kappa shape index (κ2) is 7.00. The molecule has 0 saturated heterocycles. The van der Waals surface area contributed by atoms with Crippen LogP contribution in [0.3, 0.4) is 0 Å². The summed E-state index contributed by atoms with van der Waals surface area (Å²) in [5, 5.41) is 4.14. The van der Waals surface area contributed by atoms with Crippen molar-refractivity contribution in [2.75, 3.05) is 6.54 Å². The summed E-state index contributed by atoms with van der Waals surface area (Å²) in [5.41, 5.74) is 2.47. The van der Waals surface area contributed by atoms with Crippen LogP contribution in [0.15, 0.2) is 60.7 Å². The van der Waals surface area contributed by atoms with Gasteiger partial charge in [-0.15, -0.1) is 0 Å². The molecular weight excluding hydrogens is 242 g/mol. The zero-order chi connectivity index (χ0) is 12.6. The summed E-state index contributed by atoms with van der Waals surface area (Å²) in [6.07, 6.45) is 4.25. The summed E-state index contributed by atoms with van der Waals surface area (Å²) >= 11 is 5.83. The van der Waals surface area contributed by atoms with Gasteiger partial charge in [0.05, 0.1) is 0 Å². The Hall–Kier alpha value is -1.57. The molecule has 0 radical (unpaired) electrons. The van der Waals surface area contributed by atoms with E-state index < -0.39 is 0 Å². The van der Waals surface area contributed by atoms with Crippen LogP contribution in [0.4, 0.5) is 0 Å². The quantitative estimate of drug-likeness (QED) is 0.794. The topological polar surface area (TPSA) is 12.0 Å². The van der Waals surface area contributed by atoms with Crippen LogP contribution in [0, 0.1) is 0 Å². The summed E-state index contributed by atoms with van der Waals surface area (Å²) in [7, 11) is 0. The molecule has 1 N–H and O–H groups in total. The average Bonchev–Trinajstić information content (AvgIpc) is 2.42. The van der Waals surface area contributed by atoms with Crippen LogP contribution >= 0.6 is 11.6 Å². The minimum absolute atomic E-state index is 0.780. The van der Waals surface area contributed by atoms with Gasteiger partial charge in [0.15, 0.2) is 0 Å². The highest BCUT2D eigenvalue weighted by Crippen LogP contribution is 2.09. The van der Waals surface area contributed by atoms with Gasteiger partial charge in [-0.25, -0.2) is 0 Å². The fourth-order valence-corrected chi connectivity index (χ4v) is 1.79. The normalized spacial score (nSPS) is 10.9. The predicted molar refractivity (Wildman–Crippen MR) is 78.6 cm³/mol. The van der Waals surface area contributed by atoms with Gasteiger partial charge in [0.25, 0.3) is 0 Å². The lowest BCUT2D eigenvalue weighted by atomic mass is 10.2. The first-order chi connectivity index (χ1) is 8.84. The summed E-state index contributed by atoms with van der Waals surface area (Å²) in [5.74, 6) is 0. The molecule has 2 heteroatoms. The van der Waals surface area contributed by atoms with Gasteiger partial charge in [0.2, 0.25) is 0 Å². The highest BCUT2D eigenvalue weighted by Gasteiger charge is 1.91. The van der Waals surface area contributed by atoms with Gasteiger partial charge in [0, 0.05) is 18.1 Å². The zero-order valence-corrected chi connectivity index (χ0v) is 10.9. The Bertz CT molecular complexity index is 488. The lowest BCUT2D eigenvalue weighted by Crippen LogP contribution is -2.12. The molecule has 2 rings (SSSR count). The number of hydrogen-bond acceptors (Lipinski definition) is 1. The Morgan fingerprint density at radius 1 is 0.944 bits per heavy atom. The lowest BCUT2D eigenvalue weighted by Gasteiger charge is -2.02. The molecule has 2 aromatic rings. The molecule has 0 aliphatic heterocycles. The van der Waals surface area contributed by atoms with Crippen molar-refractivity contribution in [1.82, 2.24) is 5.32 Å². The van der Waals surface area contributed by atoms with Crippen molar-refractivity contribution in [3.05, 3.63) is 76.8 Å². The molecule has 0 spiro atoms. The van der Waals surface area contributed by atoms with Gasteiger partial charge in [0.1, 0.15) is 0 Å². The summed E-state index contributed by atoms with van der Waals surface area (Å²) < 4.78 is 0. The molecule has 0 atom stereocenters. The van der Waals surface area contributed by atoms with Gasteiger partial charge < -0.3 is 5.32 Å². The fraction of sp³-hybridized carbons (Fsp3) is 0.125. The van der Waals surface area contributed by atoms with Crippen molar-refractivity contribution in [1.29, 1.82) is 0 Å². The third kappa shape index (κ3) is 4.36. The number of hydrogen-bond donors (Lipinski definition) is 1. The Kier molecular flexibility index (Phi) is 5.00. The highest BCUT2D eigenvalue weighted by atomic mass is 35.5. The van der Waals surface area contributed by atoms with E-state index in [2.05, 4.69) is 29.6 Å². The predicted octanol–water partition coefficient (Wildman–Crippen LogP) is 4.14. The minimum Gasteiger partial charge on any atom is -0.309 e. The number of benzene rings is 2. The molecule has 0 aliphatic rings. The van der Waals surface area contributed by atoms with E-state index in [0.717, 1.165) is 18.1 Å². The molecule has 0 heterocycles. The van der Waals surface area contributed by atoms with Crippen molar-refractivity contribution in [2.45, 2.75) is 6.54 Å². The van der Waals surface area contributed by atoms with E-state index in [4.69, 9.17) is 11.6 Å². The molecule has 18 heavy (non-hydrogen) atoms. The largest absolute Gasteiger partial charge is 0.309 e. The van der Waals surface area contributed by atoms with E-state index in [1.165, 1.54) is 11.1 Å². The Labute approximate surface area is 113 Å². The summed E-state index contributed by atoms with van der Waals surface area (Å²) in [6, 6.07) is 18.2. The van der Waals surface area contributed by atoms with Crippen LogP contribution in [0.25, 0.3) is 6.08 Å². The third-order valence-corrected chi connectivity index (χ3v) is 2.87. The van der Waals surface area contributed by atoms with Crippen molar-refractivity contribution in [2.24, 2.45) is 0 Å². The van der Waals surface area contributed by atoms with Crippen LogP contribution in [0.5, 0.6) is 0 Å². The third-order valence-electron chi connectivity index (χ3n) is 2.61. The van der Waals surface area contributed by atoms with Crippen molar-refractivity contribution in [3.63, 3.8) is 0 Å². The van der Waals surface area contributed by atoms with E-state index in [-0.39, 0.29) is 0 Å². The van der Waals surface area contributed by atoms with E-state index in [9.17, 15) is 0 Å². The van der Waals surface area contributed by atoms with Crippen LogP contribution in [-0.4, -0.2) is 6.54 Å². The lowest BCUT2D eigenvalue weighted by molar-refractivity contribution is 0.761. The Morgan fingerprint density at radius 2 is 1.67 bits per heavy atom. The molecule has 0 aromatic heterocycles. The molecule has 0 aliphatic carbocycles. The van der Waals surface area contributed by atoms with Gasteiger partial charge in [-0.1, -0.05) is 66.2 Å². The monoisotopic (exact) mass is 257 g/mol. The first-order valence-electron chi connectivity index (χ1n) is 6.01. The molecule has 1 nitrogen and oxygen atoms in total. The van der Waals surface area contributed by atoms with Crippen LogP contribution < -0.4 is 5.32 Å². The van der Waals surface area contributed by atoms with Crippen LogP contribution in [-0.2, 0) is 6.54 Å². The van der Waals surface area contributed by atoms with Crippen molar-refractivity contribution in [3.8, 4) is 0 Å². The number of halogens is 1. The average molecular weight is 258 g/mol. The second-order valence-corrected chi connectivity index (χ2v) is 4.51. The van der Waals surface area contributed by atoms with E-state index in [1.54, 1.807) is 0 Å². The molecule has 2 aromatic carbocycles. The molecule has 92 valence electrons. The highest BCUT2D eigenvalue weighted by molar-refractivity contribution is 6.30. The van der Waals surface area contributed by atoms with Crippen LogP contribution in [0.2, 0.25) is 5.02 Å².